The van der Waals surface area contributed by atoms with Crippen molar-refractivity contribution in [2.75, 3.05) is 13.1 Å². The van der Waals surface area contributed by atoms with Gasteiger partial charge in [0.15, 0.2) is 5.82 Å². The second-order valence-electron chi connectivity index (χ2n) is 7.47. The Morgan fingerprint density at radius 1 is 1.08 bits per heavy atom. The number of hydrogen-bond donors (Lipinski definition) is 1. The van der Waals surface area contributed by atoms with Gasteiger partial charge in [-0.25, -0.2) is 13.4 Å². The van der Waals surface area contributed by atoms with Crippen LogP contribution in [0.2, 0.25) is 0 Å². The fourth-order valence-corrected chi connectivity index (χ4v) is 5.41. The first-order valence-electron chi connectivity index (χ1n) is 8.95. The summed E-state index contributed by atoms with van der Waals surface area (Å²) in [5.41, 5.74) is 0. The molecule has 3 aliphatic rings. The second kappa shape index (κ2) is 5.60. The number of nitrogens with zero attached hydrogens (tertiary/aromatic N) is 4. The molecule has 7 nitrogen and oxygen atoms in total. The molecule has 2 saturated carbocycles. The zero-order chi connectivity index (χ0) is 17.0. The van der Waals surface area contributed by atoms with Crippen LogP contribution in [0.1, 0.15) is 49.2 Å². The van der Waals surface area contributed by atoms with Crippen LogP contribution in [-0.2, 0) is 10.0 Å². The summed E-state index contributed by atoms with van der Waals surface area (Å²) >= 11 is 0. The molecule has 2 aliphatic carbocycles. The lowest BCUT2D eigenvalue weighted by molar-refractivity contribution is 0.423. The van der Waals surface area contributed by atoms with Crippen molar-refractivity contribution in [2.24, 2.45) is 11.8 Å². The molecule has 3 heterocycles. The van der Waals surface area contributed by atoms with Gasteiger partial charge in [0.2, 0.25) is 10.0 Å². The predicted octanol–water partition coefficient (Wildman–Crippen LogP) is 1.89. The molecule has 0 radical (unpaired) electrons. The summed E-state index contributed by atoms with van der Waals surface area (Å²) in [7, 11) is -3.48. The van der Waals surface area contributed by atoms with E-state index in [2.05, 4.69) is 15.2 Å². The van der Waals surface area contributed by atoms with Crippen LogP contribution in [0, 0.1) is 11.8 Å². The van der Waals surface area contributed by atoms with E-state index in [1.54, 1.807) is 16.4 Å². The van der Waals surface area contributed by atoms with E-state index in [0.29, 0.717) is 35.7 Å². The molecule has 0 amide bonds. The number of pyridine rings is 1. The summed E-state index contributed by atoms with van der Waals surface area (Å²) in [4.78, 5) is 8.94. The largest absolute Gasteiger partial charge is 0.265 e. The highest BCUT2D eigenvalue weighted by Gasteiger charge is 2.48. The topological polar surface area (TPSA) is 91.8 Å². The van der Waals surface area contributed by atoms with E-state index in [-0.39, 0.29) is 5.92 Å². The van der Waals surface area contributed by atoms with Gasteiger partial charge in [-0.05, 0) is 49.7 Å². The van der Waals surface area contributed by atoms with E-state index >= 15 is 0 Å². The molecule has 25 heavy (non-hydrogen) atoms. The smallest absolute Gasteiger partial charge is 0.243 e. The van der Waals surface area contributed by atoms with Gasteiger partial charge in [-0.1, -0.05) is 0 Å². The van der Waals surface area contributed by atoms with Crippen molar-refractivity contribution in [1.29, 1.82) is 0 Å². The van der Waals surface area contributed by atoms with Gasteiger partial charge in [0.05, 0.1) is 4.90 Å². The number of aromatic nitrogens is 4. The van der Waals surface area contributed by atoms with Gasteiger partial charge in [0.1, 0.15) is 5.82 Å². The van der Waals surface area contributed by atoms with E-state index in [9.17, 15) is 8.42 Å². The van der Waals surface area contributed by atoms with Crippen LogP contribution in [0.5, 0.6) is 0 Å². The normalized spacial score (nSPS) is 27.7. The third-order valence-corrected chi connectivity index (χ3v) is 7.51. The van der Waals surface area contributed by atoms with Crippen LogP contribution in [0.25, 0.3) is 0 Å². The Morgan fingerprint density at radius 2 is 1.84 bits per heavy atom. The van der Waals surface area contributed by atoms with Crippen LogP contribution in [0.4, 0.5) is 0 Å². The van der Waals surface area contributed by atoms with Gasteiger partial charge < -0.3 is 0 Å². The van der Waals surface area contributed by atoms with E-state index in [1.807, 2.05) is 0 Å². The molecule has 2 atom stereocenters. The number of sulfonamides is 1. The SMILES string of the molecule is O=S(=O)(c1ccncc1)N1C[C@H](c2nc(C3CC3)n[nH]2)[C@@H](C2CC2)C1. The van der Waals surface area contributed by atoms with Crippen LogP contribution < -0.4 is 0 Å². The lowest BCUT2D eigenvalue weighted by atomic mass is 9.91. The van der Waals surface area contributed by atoms with Crippen molar-refractivity contribution in [3.63, 3.8) is 0 Å². The maximum absolute atomic E-state index is 13.0. The van der Waals surface area contributed by atoms with Crippen molar-refractivity contribution in [2.45, 2.75) is 42.4 Å². The average Bonchev–Trinajstić information content (AvgIpc) is 3.56. The molecule has 3 fully saturated rings. The molecule has 1 N–H and O–H groups in total. The van der Waals surface area contributed by atoms with Gasteiger partial charge in [0.25, 0.3) is 0 Å². The zero-order valence-corrected chi connectivity index (χ0v) is 14.7. The van der Waals surface area contributed by atoms with Crippen LogP contribution >= 0.6 is 0 Å². The van der Waals surface area contributed by atoms with Crippen molar-refractivity contribution < 1.29 is 8.42 Å². The van der Waals surface area contributed by atoms with Crippen LogP contribution in [0.3, 0.4) is 0 Å². The summed E-state index contributed by atoms with van der Waals surface area (Å²) in [6.07, 6.45) is 7.75. The highest BCUT2D eigenvalue weighted by molar-refractivity contribution is 7.89. The van der Waals surface area contributed by atoms with Gasteiger partial charge in [-0.15, -0.1) is 0 Å². The first-order valence-corrected chi connectivity index (χ1v) is 10.4. The maximum Gasteiger partial charge on any atom is 0.243 e. The van der Waals surface area contributed by atoms with Gasteiger partial charge in [-0.3, -0.25) is 10.1 Å². The fourth-order valence-electron chi connectivity index (χ4n) is 3.92. The Morgan fingerprint density at radius 3 is 2.52 bits per heavy atom. The molecule has 1 aliphatic heterocycles. The second-order valence-corrected chi connectivity index (χ2v) is 9.40. The molecule has 132 valence electrons. The molecule has 0 spiro atoms. The van der Waals surface area contributed by atoms with E-state index < -0.39 is 10.0 Å². The number of aromatic amines is 1. The predicted molar refractivity (Wildman–Crippen MR) is 90.3 cm³/mol. The Balaban J connectivity index is 1.44. The minimum atomic E-state index is -3.48. The van der Waals surface area contributed by atoms with E-state index in [0.717, 1.165) is 24.5 Å². The molecular weight excluding hydrogens is 338 g/mol. The summed E-state index contributed by atoms with van der Waals surface area (Å²) in [6.45, 7) is 1.05. The summed E-state index contributed by atoms with van der Waals surface area (Å²) in [5.74, 6) is 3.33. The minimum Gasteiger partial charge on any atom is -0.265 e. The lowest BCUT2D eigenvalue weighted by Gasteiger charge is -2.16. The van der Waals surface area contributed by atoms with E-state index in [4.69, 9.17) is 4.98 Å². The summed E-state index contributed by atoms with van der Waals surface area (Å²) < 4.78 is 27.6. The Labute approximate surface area is 146 Å². The van der Waals surface area contributed by atoms with Gasteiger partial charge in [-0.2, -0.15) is 9.40 Å². The van der Waals surface area contributed by atoms with E-state index in [1.165, 1.54) is 25.2 Å². The third-order valence-electron chi connectivity index (χ3n) is 5.66. The van der Waals surface area contributed by atoms with Gasteiger partial charge >= 0.3 is 0 Å². The zero-order valence-electron chi connectivity index (χ0n) is 13.9. The highest BCUT2D eigenvalue weighted by atomic mass is 32.2. The lowest BCUT2D eigenvalue weighted by Crippen LogP contribution is -2.29. The molecule has 1 saturated heterocycles. The molecule has 5 rings (SSSR count). The number of rotatable bonds is 5. The number of nitrogens with one attached hydrogen (secondary N) is 1. The summed E-state index contributed by atoms with van der Waals surface area (Å²) in [5, 5.41) is 7.47. The average molecular weight is 359 g/mol. The number of hydrogen-bond acceptors (Lipinski definition) is 5. The quantitative estimate of drug-likeness (QED) is 0.880. The molecule has 8 heteroatoms. The van der Waals surface area contributed by atoms with Crippen LogP contribution in [0.15, 0.2) is 29.4 Å². The monoisotopic (exact) mass is 359 g/mol. The highest BCUT2D eigenvalue weighted by Crippen LogP contribution is 2.48. The summed E-state index contributed by atoms with van der Waals surface area (Å²) in [6, 6.07) is 3.13. The Kier molecular flexibility index (Phi) is 3.46. The third kappa shape index (κ3) is 2.77. The fraction of sp³-hybridized carbons (Fsp3) is 0.588. The molecule has 0 bridgehead atoms. The molecule has 2 aromatic heterocycles. The van der Waals surface area contributed by atoms with Gasteiger partial charge in [0, 0.05) is 37.3 Å². The van der Waals surface area contributed by atoms with Crippen molar-refractivity contribution in [1.82, 2.24) is 24.5 Å². The first-order chi connectivity index (χ1) is 12.1. The minimum absolute atomic E-state index is 0.115. The Bertz CT molecular complexity index is 873. The van der Waals surface area contributed by atoms with Crippen molar-refractivity contribution in [3.8, 4) is 0 Å². The molecule has 2 aromatic rings. The van der Waals surface area contributed by atoms with Crippen molar-refractivity contribution >= 4 is 10.0 Å². The maximum atomic E-state index is 13.0. The van der Waals surface area contributed by atoms with Crippen LogP contribution in [-0.4, -0.2) is 46.0 Å². The standard InChI is InChI=1S/C17H21N5O2S/c23-25(24,13-5-7-18-8-6-13)22-9-14(11-1-2-11)15(10-22)17-19-16(20-21-17)12-3-4-12/h5-8,11-12,14-15H,1-4,9-10H2,(H,19,20,21)/t14-,15+/m1/s1. The number of H-pyrrole nitrogens is 1. The molecule has 0 aromatic carbocycles. The van der Waals surface area contributed by atoms with Crippen molar-refractivity contribution in [3.05, 3.63) is 36.2 Å². The Hall–Kier alpha value is -1.80. The molecular formula is C17H21N5O2S. The molecule has 0 unspecified atom stereocenters. The first kappa shape index (κ1) is 15.5.